The third-order valence-corrected chi connectivity index (χ3v) is 5.67. The Morgan fingerprint density at radius 3 is 2.50 bits per heavy atom. The van der Waals surface area contributed by atoms with E-state index < -0.39 is 5.91 Å². The summed E-state index contributed by atoms with van der Waals surface area (Å²) in [5.74, 6) is 0.201. The molecule has 0 radical (unpaired) electrons. The summed E-state index contributed by atoms with van der Waals surface area (Å²) in [5, 5.41) is 13.1. The van der Waals surface area contributed by atoms with Crippen molar-refractivity contribution in [2.75, 3.05) is 11.9 Å². The molecule has 0 bridgehead atoms. The average Bonchev–Trinajstić information content (AvgIpc) is 2.79. The predicted molar refractivity (Wildman–Crippen MR) is 137 cm³/mol. The zero-order valence-corrected chi connectivity index (χ0v) is 20.8. The second-order valence-electron chi connectivity index (χ2n) is 7.29. The van der Waals surface area contributed by atoms with Crippen LogP contribution in [0, 0.1) is 18.3 Å². The van der Waals surface area contributed by atoms with Gasteiger partial charge in [-0.3, -0.25) is 4.79 Å². The molecule has 0 aliphatic carbocycles. The first-order chi connectivity index (χ1) is 16.3. The molecular weight excluding hydrogens is 495 g/mol. The number of anilines is 1. The van der Waals surface area contributed by atoms with Gasteiger partial charge >= 0.3 is 0 Å². The molecule has 0 fully saturated rings. The number of nitriles is 1. The average molecular weight is 516 g/mol. The number of amides is 1. The van der Waals surface area contributed by atoms with Gasteiger partial charge in [0.15, 0.2) is 11.5 Å². The Bertz CT molecular complexity index is 1280. The topological polar surface area (TPSA) is 71.3 Å². The van der Waals surface area contributed by atoms with Gasteiger partial charge in [-0.25, -0.2) is 0 Å². The summed E-state index contributed by atoms with van der Waals surface area (Å²) in [6, 6.07) is 17.8. The molecule has 34 heavy (non-hydrogen) atoms. The summed E-state index contributed by atoms with van der Waals surface area (Å²) in [4.78, 5) is 12.6. The van der Waals surface area contributed by atoms with Crippen molar-refractivity contribution in [3.8, 4) is 17.6 Å². The highest BCUT2D eigenvalue weighted by Crippen LogP contribution is 2.38. The summed E-state index contributed by atoms with van der Waals surface area (Å²) >= 11 is 18.4. The molecule has 0 aliphatic rings. The van der Waals surface area contributed by atoms with Gasteiger partial charge in [-0.15, -0.1) is 0 Å². The molecule has 3 aromatic carbocycles. The van der Waals surface area contributed by atoms with Gasteiger partial charge in [0.25, 0.3) is 5.91 Å². The molecule has 0 unspecified atom stereocenters. The lowest BCUT2D eigenvalue weighted by Gasteiger charge is -2.15. The molecule has 0 atom stereocenters. The SMILES string of the molecule is CCOc1cc(/C=C(\C#N)C(=O)Nc2ccc(Cl)c(Cl)c2)cc(Cl)c1OCc1cccc(C)c1. The standard InChI is InChI=1S/C26H21Cl3N2O3/c1-3-33-24-12-18(11-23(29)25(24)34-15-17-6-4-5-16(2)9-17)10-19(14-30)26(32)31-20-7-8-21(27)22(28)13-20/h4-13H,3,15H2,1-2H3,(H,31,32)/b19-10+. The van der Waals surface area contributed by atoms with E-state index in [9.17, 15) is 10.1 Å². The number of carbonyl (C=O) groups is 1. The van der Waals surface area contributed by atoms with Crippen molar-refractivity contribution in [2.24, 2.45) is 0 Å². The Balaban J connectivity index is 1.85. The van der Waals surface area contributed by atoms with Crippen molar-refractivity contribution in [1.82, 2.24) is 0 Å². The van der Waals surface area contributed by atoms with Crippen LogP contribution >= 0.6 is 34.8 Å². The molecule has 0 saturated heterocycles. The molecule has 1 N–H and O–H groups in total. The van der Waals surface area contributed by atoms with Crippen molar-refractivity contribution >= 4 is 52.5 Å². The molecule has 0 saturated carbocycles. The van der Waals surface area contributed by atoms with Crippen LogP contribution in [0.4, 0.5) is 5.69 Å². The fraction of sp³-hybridized carbons (Fsp3) is 0.154. The fourth-order valence-corrected chi connectivity index (χ4v) is 3.69. The van der Waals surface area contributed by atoms with Crippen molar-refractivity contribution in [3.63, 3.8) is 0 Å². The van der Waals surface area contributed by atoms with E-state index in [0.717, 1.165) is 11.1 Å². The van der Waals surface area contributed by atoms with Gasteiger partial charge < -0.3 is 14.8 Å². The minimum Gasteiger partial charge on any atom is -0.490 e. The summed E-state index contributed by atoms with van der Waals surface area (Å²) < 4.78 is 11.7. The summed E-state index contributed by atoms with van der Waals surface area (Å²) in [7, 11) is 0. The lowest BCUT2D eigenvalue weighted by Crippen LogP contribution is -2.13. The van der Waals surface area contributed by atoms with Crippen LogP contribution in [0.3, 0.4) is 0 Å². The van der Waals surface area contributed by atoms with Gasteiger partial charge in [-0.05, 0) is 61.4 Å². The van der Waals surface area contributed by atoms with Crippen molar-refractivity contribution in [3.05, 3.63) is 91.9 Å². The minimum absolute atomic E-state index is 0.127. The summed E-state index contributed by atoms with van der Waals surface area (Å²) in [6.45, 7) is 4.54. The number of aryl methyl sites for hydroxylation is 1. The van der Waals surface area contributed by atoms with E-state index in [-0.39, 0.29) is 10.6 Å². The van der Waals surface area contributed by atoms with Crippen LogP contribution in [-0.2, 0) is 11.4 Å². The molecule has 8 heteroatoms. The molecule has 0 spiro atoms. The number of halogens is 3. The van der Waals surface area contributed by atoms with Crippen LogP contribution in [0.1, 0.15) is 23.6 Å². The molecular formula is C26H21Cl3N2O3. The molecule has 3 aromatic rings. The highest BCUT2D eigenvalue weighted by atomic mass is 35.5. The maximum atomic E-state index is 12.6. The normalized spacial score (nSPS) is 11.0. The molecule has 5 nitrogen and oxygen atoms in total. The molecule has 1 amide bonds. The first-order valence-corrected chi connectivity index (χ1v) is 11.5. The van der Waals surface area contributed by atoms with E-state index in [1.165, 1.54) is 12.1 Å². The van der Waals surface area contributed by atoms with Crippen molar-refractivity contribution < 1.29 is 14.3 Å². The Morgan fingerprint density at radius 2 is 1.82 bits per heavy atom. The lowest BCUT2D eigenvalue weighted by molar-refractivity contribution is -0.112. The molecule has 3 rings (SSSR count). The molecule has 0 heterocycles. The molecule has 174 valence electrons. The second-order valence-corrected chi connectivity index (χ2v) is 8.52. The smallest absolute Gasteiger partial charge is 0.266 e. The lowest BCUT2D eigenvalue weighted by atomic mass is 10.1. The number of hydrogen-bond donors (Lipinski definition) is 1. The zero-order valence-electron chi connectivity index (χ0n) is 18.5. The van der Waals surface area contributed by atoms with E-state index in [4.69, 9.17) is 44.3 Å². The number of nitrogens with one attached hydrogen (secondary N) is 1. The third kappa shape index (κ3) is 6.68. The van der Waals surface area contributed by atoms with Crippen LogP contribution < -0.4 is 14.8 Å². The van der Waals surface area contributed by atoms with Gasteiger partial charge in [0, 0.05) is 5.69 Å². The van der Waals surface area contributed by atoms with E-state index in [1.807, 2.05) is 44.2 Å². The van der Waals surface area contributed by atoms with Gasteiger partial charge in [0.05, 0.1) is 21.7 Å². The highest BCUT2D eigenvalue weighted by molar-refractivity contribution is 6.42. The number of rotatable bonds is 8. The monoisotopic (exact) mass is 514 g/mol. The van der Waals surface area contributed by atoms with E-state index in [0.29, 0.717) is 46.0 Å². The quantitative estimate of drug-likeness (QED) is 0.249. The third-order valence-electron chi connectivity index (χ3n) is 4.65. The Morgan fingerprint density at radius 1 is 1.03 bits per heavy atom. The van der Waals surface area contributed by atoms with Gasteiger partial charge in [-0.2, -0.15) is 5.26 Å². The highest BCUT2D eigenvalue weighted by Gasteiger charge is 2.15. The number of benzene rings is 3. The summed E-state index contributed by atoms with van der Waals surface area (Å²) in [6.07, 6.45) is 1.42. The summed E-state index contributed by atoms with van der Waals surface area (Å²) in [5.41, 5.74) is 2.91. The van der Waals surface area contributed by atoms with Gasteiger partial charge in [0.2, 0.25) is 0 Å². The van der Waals surface area contributed by atoms with Crippen LogP contribution in [0.15, 0.2) is 60.2 Å². The second kappa shape index (κ2) is 11.8. The van der Waals surface area contributed by atoms with Crippen molar-refractivity contribution in [1.29, 1.82) is 5.26 Å². The first-order valence-electron chi connectivity index (χ1n) is 10.3. The predicted octanol–water partition coefficient (Wildman–Crippen LogP) is 7.48. The van der Waals surface area contributed by atoms with Crippen LogP contribution in [0.5, 0.6) is 11.5 Å². The Labute approximate surface area is 213 Å². The fourth-order valence-electron chi connectivity index (χ4n) is 3.12. The number of ether oxygens (including phenoxy) is 2. The van der Waals surface area contributed by atoms with Gasteiger partial charge in [-0.1, -0.05) is 64.6 Å². The van der Waals surface area contributed by atoms with Crippen LogP contribution in [0.25, 0.3) is 6.08 Å². The number of nitrogens with zero attached hydrogens (tertiary/aromatic N) is 1. The number of carbonyl (C=O) groups excluding carboxylic acids is 1. The maximum Gasteiger partial charge on any atom is 0.266 e. The van der Waals surface area contributed by atoms with E-state index in [2.05, 4.69) is 5.32 Å². The largest absolute Gasteiger partial charge is 0.490 e. The van der Waals surface area contributed by atoms with E-state index >= 15 is 0 Å². The zero-order chi connectivity index (χ0) is 24.7. The van der Waals surface area contributed by atoms with Gasteiger partial charge in [0.1, 0.15) is 18.2 Å². The van der Waals surface area contributed by atoms with Crippen molar-refractivity contribution in [2.45, 2.75) is 20.5 Å². The minimum atomic E-state index is -0.602. The Kier molecular flexibility index (Phi) is 8.84. The van der Waals surface area contributed by atoms with E-state index in [1.54, 1.807) is 24.3 Å². The molecule has 0 aromatic heterocycles. The van der Waals surface area contributed by atoms with Crippen LogP contribution in [-0.4, -0.2) is 12.5 Å². The maximum absolute atomic E-state index is 12.6. The Hall–Kier alpha value is -3.17. The molecule has 0 aliphatic heterocycles. The number of hydrogen-bond acceptors (Lipinski definition) is 4. The van der Waals surface area contributed by atoms with Crippen LogP contribution in [0.2, 0.25) is 15.1 Å². The first kappa shape index (κ1) is 25.5.